The van der Waals surface area contributed by atoms with Crippen molar-refractivity contribution in [3.05, 3.63) is 130 Å². The summed E-state index contributed by atoms with van der Waals surface area (Å²) in [6, 6.07) is 22.4. The number of aromatic nitrogens is 4. The van der Waals surface area contributed by atoms with Gasteiger partial charge in [0.1, 0.15) is 17.9 Å². The zero-order valence-electron chi connectivity index (χ0n) is 22.6. The van der Waals surface area contributed by atoms with Gasteiger partial charge in [0.15, 0.2) is 5.82 Å². The molecular formula is C32H23F4N5O2. The number of alkyl halides is 3. The van der Waals surface area contributed by atoms with Crippen LogP contribution in [0.5, 0.6) is 6.01 Å². The number of hydrogen-bond acceptors (Lipinski definition) is 6. The molecule has 1 N–H and O–H groups in total. The summed E-state index contributed by atoms with van der Waals surface area (Å²) in [4.78, 5) is 27.2. The molecule has 0 aliphatic rings. The molecule has 11 heteroatoms. The van der Waals surface area contributed by atoms with Crippen LogP contribution < -0.4 is 15.6 Å². The van der Waals surface area contributed by atoms with E-state index in [1.54, 1.807) is 25.3 Å². The minimum atomic E-state index is -4.77. The van der Waals surface area contributed by atoms with E-state index < -0.39 is 34.5 Å². The summed E-state index contributed by atoms with van der Waals surface area (Å²) < 4.78 is 63.1. The molecule has 1 atom stereocenters. The number of hydrogen-bond donors (Lipinski definition) is 1. The Kier molecular flexibility index (Phi) is 7.22. The molecule has 0 amide bonds. The zero-order valence-corrected chi connectivity index (χ0v) is 22.6. The van der Waals surface area contributed by atoms with Gasteiger partial charge in [-0.25, -0.2) is 4.39 Å². The highest BCUT2D eigenvalue weighted by atomic mass is 19.4. The summed E-state index contributed by atoms with van der Waals surface area (Å²) in [5.41, 5.74) is 0.166. The fraction of sp³-hybridized carbons (Fsp3) is 0.125. The lowest BCUT2D eigenvalue weighted by atomic mass is 10.0. The Hall–Kier alpha value is -5.32. The number of anilines is 1. The summed E-state index contributed by atoms with van der Waals surface area (Å²) in [6.45, 7) is 1.93. The number of benzene rings is 3. The largest absolute Gasteiger partial charge is 0.459 e. The second kappa shape index (κ2) is 11.2. The van der Waals surface area contributed by atoms with Crippen LogP contribution in [0.3, 0.4) is 0 Å². The van der Waals surface area contributed by atoms with E-state index in [1.165, 1.54) is 36.4 Å². The maximum atomic E-state index is 14.3. The van der Waals surface area contributed by atoms with Gasteiger partial charge in [-0.3, -0.25) is 14.3 Å². The predicted molar refractivity (Wildman–Crippen MR) is 155 cm³/mol. The van der Waals surface area contributed by atoms with E-state index in [-0.39, 0.29) is 35.2 Å². The third-order valence-corrected chi connectivity index (χ3v) is 6.89. The van der Waals surface area contributed by atoms with Crippen LogP contribution in [0.15, 0.2) is 102 Å². The van der Waals surface area contributed by atoms with Crippen molar-refractivity contribution in [2.75, 3.05) is 5.32 Å². The van der Waals surface area contributed by atoms with Gasteiger partial charge in [0.05, 0.1) is 28.2 Å². The van der Waals surface area contributed by atoms with Crippen molar-refractivity contribution in [1.29, 1.82) is 0 Å². The van der Waals surface area contributed by atoms with Crippen LogP contribution >= 0.6 is 0 Å². The van der Waals surface area contributed by atoms with Crippen LogP contribution in [-0.4, -0.2) is 19.5 Å². The number of nitrogens with zero attached hydrogens (tertiary/aromatic N) is 4. The molecule has 0 aliphatic carbocycles. The van der Waals surface area contributed by atoms with E-state index in [2.05, 4.69) is 20.3 Å². The Balaban J connectivity index is 1.47. The monoisotopic (exact) mass is 585 g/mol. The molecule has 0 radical (unpaired) electrons. The molecule has 7 nitrogen and oxygen atoms in total. The first-order valence-electron chi connectivity index (χ1n) is 13.3. The molecular weight excluding hydrogens is 562 g/mol. The molecule has 3 aromatic heterocycles. The van der Waals surface area contributed by atoms with Gasteiger partial charge in [0.25, 0.3) is 5.56 Å². The maximum absolute atomic E-state index is 14.3. The molecule has 3 aromatic carbocycles. The lowest BCUT2D eigenvalue weighted by Gasteiger charge is -2.23. The zero-order chi connectivity index (χ0) is 30.1. The molecule has 0 aliphatic heterocycles. The van der Waals surface area contributed by atoms with Gasteiger partial charge in [-0.05, 0) is 60.3 Å². The Labute approximate surface area is 242 Å². The first-order chi connectivity index (χ1) is 20.7. The summed E-state index contributed by atoms with van der Waals surface area (Å²) >= 11 is 0. The lowest BCUT2D eigenvalue weighted by Crippen LogP contribution is -2.27. The fourth-order valence-electron chi connectivity index (χ4n) is 4.93. The Morgan fingerprint density at radius 3 is 2.49 bits per heavy atom. The summed E-state index contributed by atoms with van der Waals surface area (Å²) in [5.74, 6) is -0.366. The Morgan fingerprint density at radius 1 is 0.930 bits per heavy atom. The van der Waals surface area contributed by atoms with Gasteiger partial charge in [-0.2, -0.15) is 23.1 Å². The molecule has 0 bridgehead atoms. The molecule has 0 saturated carbocycles. The number of rotatable bonds is 7. The number of fused-ring (bicyclic) bond motifs is 2. The van der Waals surface area contributed by atoms with Gasteiger partial charge >= 0.3 is 12.2 Å². The highest BCUT2D eigenvalue weighted by Crippen LogP contribution is 2.35. The minimum Gasteiger partial charge on any atom is -0.459 e. The van der Waals surface area contributed by atoms with Crippen molar-refractivity contribution in [3.8, 4) is 11.7 Å². The number of halogens is 4. The number of ether oxygens (including phenoxy) is 1. The highest BCUT2D eigenvalue weighted by Gasteiger charge is 2.34. The van der Waals surface area contributed by atoms with Crippen molar-refractivity contribution in [1.82, 2.24) is 19.5 Å². The molecule has 0 fully saturated rings. The molecule has 0 saturated heterocycles. The SMILES string of the molecule is CC(Nc1nc(OCc2ccccc2)nc2cccnc12)c1cc2cccc(C(F)(F)F)c2c(=O)n1-c1cccc(F)c1. The van der Waals surface area contributed by atoms with Crippen molar-refractivity contribution in [3.63, 3.8) is 0 Å². The molecule has 43 heavy (non-hydrogen) atoms. The second-order valence-corrected chi connectivity index (χ2v) is 9.82. The lowest BCUT2D eigenvalue weighted by molar-refractivity contribution is -0.136. The summed E-state index contributed by atoms with van der Waals surface area (Å²) in [7, 11) is 0. The van der Waals surface area contributed by atoms with E-state index >= 15 is 0 Å². The topological polar surface area (TPSA) is 81.9 Å². The van der Waals surface area contributed by atoms with E-state index in [0.29, 0.717) is 11.0 Å². The van der Waals surface area contributed by atoms with Crippen LogP contribution in [0.4, 0.5) is 23.4 Å². The smallest absolute Gasteiger partial charge is 0.417 e. The minimum absolute atomic E-state index is 0.0741. The summed E-state index contributed by atoms with van der Waals surface area (Å²) in [6.07, 6.45) is -3.20. The molecule has 6 aromatic rings. The normalized spacial score (nSPS) is 12.4. The van der Waals surface area contributed by atoms with Crippen LogP contribution in [0.25, 0.3) is 27.5 Å². The predicted octanol–water partition coefficient (Wildman–Crippen LogP) is 7.24. The van der Waals surface area contributed by atoms with Gasteiger partial charge in [-0.1, -0.05) is 48.5 Å². The van der Waals surface area contributed by atoms with E-state index in [0.717, 1.165) is 22.3 Å². The van der Waals surface area contributed by atoms with Crippen molar-refractivity contribution in [2.24, 2.45) is 0 Å². The van der Waals surface area contributed by atoms with Gasteiger partial charge in [0.2, 0.25) is 0 Å². The van der Waals surface area contributed by atoms with Crippen molar-refractivity contribution in [2.45, 2.75) is 25.7 Å². The summed E-state index contributed by atoms with van der Waals surface area (Å²) in [5, 5.41) is 2.81. The van der Waals surface area contributed by atoms with Crippen molar-refractivity contribution < 1.29 is 22.3 Å². The van der Waals surface area contributed by atoms with Crippen LogP contribution in [-0.2, 0) is 12.8 Å². The number of nitrogens with one attached hydrogen (secondary N) is 1. The van der Waals surface area contributed by atoms with Crippen LogP contribution in [0.2, 0.25) is 0 Å². The quantitative estimate of drug-likeness (QED) is 0.199. The molecule has 1 unspecified atom stereocenters. The Morgan fingerprint density at radius 2 is 1.72 bits per heavy atom. The molecule has 3 heterocycles. The maximum Gasteiger partial charge on any atom is 0.417 e. The van der Waals surface area contributed by atoms with Crippen LogP contribution in [0.1, 0.15) is 29.8 Å². The van der Waals surface area contributed by atoms with Crippen molar-refractivity contribution >= 4 is 27.6 Å². The first kappa shape index (κ1) is 27.8. The third kappa shape index (κ3) is 5.61. The Bertz CT molecular complexity index is 2010. The van der Waals surface area contributed by atoms with Gasteiger partial charge < -0.3 is 10.1 Å². The highest BCUT2D eigenvalue weighted by molar-refractivity contribution is 5.87. The van der Waals surface area contributed by atoms with Crippen LogP contribution in [0, 0.1) is 5.82 Å². The first-order valence-corrected chi connectivity index (χ1v) is 13.3. The molecule has 6 rings (SSSR count). The standard InChI is InChI=1S/C32H23F4N5O2/c1-19(38-29-28-25(14-7-15-37-28)39-31(40-29)43-18-20-8-3-2-4-9-20)26-16-21-10-5-13-24(32(34,35)36)27(21)30(42)41(26)23-12-6-11-22(33)17-23/h2-17,19H,18H2,1H3,(H,38,39,40). The van der Waals surface area contributed by atoms with E-state index in [9.17, 15) is 22.4 Å². The molecule has 0 spiro atoms. The molecule has 216 valence electrons. The third-order valence-electron chi connectivity index (χ3n) is 6.89. The van der Waals surface area contributed by atoms with Gasteiger partial charge in [0, 0.05) is 11.9 Å². The fourth-order valence-corrected chi connectivity index (χ4v) is 4.93. The van der Waals surface area contributed by atoms with Gasteiger partial charge in [-0.15, -0.1) is 0 Å². The van der Waals surface area contributed by atoms with E-state index in [4.69, 9.17) is 4.74 Å². The second-order valence-electron chi connectivity index (χ2n) is 9.82. The average Bonchev–Trinajstić information content (AvgIpc) is 2.99. The number of pyridine rings is 2. The average molecular weight is 586 g/mol. The van der Waals surface area contributed by atoms with E-state index in [1.807, 2.05) is 30.3 Å².